The molecule has 0 spiro atoms. The molecule has 2 aliphatic rings. The summed E-state index contributed by atoms with van der Waals surface area (Å²) in [7, 11) is 0. The van der Waals surface area contributed by atoms with E-state index in [0.717, 1.165) is 52.6 Å². The van der Waals surface area contributed by atoms with Crippen LogP contribution in [0.2, 0.25) is 0 Å². The van der Waals surface area contributed by atoms with Gasteiger partial charge in [0, 0.05) is 32.5 Å². The molecule has 17 heteroatoms. The molecule has 0 aliphatic carbocycles. The van der Waals surface area contributed by atoms with Crippen molar-refractivity contribution in [3.05, 3.63) is 100 Å². The molecule has 2 heterocycles. The Balaban J connectivity index is 1.10. The Kier molecular flexibility index (Phi) is 25.4. The Bertz CT molecular complexity index is 2240. The number of aromatic hydroxyl groups is 1. The molecule has 0 radical (unpaired) electrons. The van der Waals surface area contributed by atoms with Crippen LogP contribution in [0.25, 0.3) is 0 Å². The number of nitrogens with one attached hydrogen (secondary N) is 3. The van der Waals surface area contributed by atoms with Crippen LogP contribution in [0, 0.1) is 13.8 Å². The number of phenols is 1. The number of aliphatic hydroxyl groups excluding tert-OH is 3. The zero-order valence-corrected chi connectivity index (χ0v) is 44.6. The van der Waals surface area contributed by atoms with Crippen molar-refractivity contribution in [2.24, 2.45) is 11.5 Å². The third kappa shape index (κ3) is 19.0. The minimum absolute atomic E-state index is 0.0539. The van der Waals surface area contributed by atoms with Crippen molar-refractivity contribution in [2.45, 2.75) is 211 Å². The second-order valence-electron chi connectivity index (χ2n) is 20.7. The molecular formula is C58H86N6O11. The quantitative estimate of drug-likeness (QED) is 0.0369. The number of amides is 5. The van der Waals surface area contributed by atoms with Crippen LogP contribution in [0.3, 0.4) is 0 Å². The average molecular weight is 1040 g/mol. The van der Waals surface area contributed by atoms with Crippen molar-refractivity contribution in [2.75, 3.05) is 13.2 Å². The Morgan fingerprint density at radius 1 is 0.707 bits per heavy atom. The fourth-order valence-electron chi connectivity index (χ4n) is 10.2. The molecule has 75 heavy (non-hydrogen) atoms. The number of carbonyl (C=O) groups is 5. The molecule has 9 atom stereocenters. The van der Waals surface area contributed by atoms with Crippen molar-refractivity contribution in [3.63, 3.8) is 0 Å². The molecule has 1 fully saturated rings. The number of rotatable bonds is 32. The van der Waals surface area contributed by atoms with Gasteiger partial charge in [-0.3, -0.25) is 24.0 Å². The molecule has 17 nitrogen and oxygen atoms in total. The number of ether oxygens (including phenoxy) is 2. The molecule has 0 saturated carbocycles. The number of aryl methyl sites for hydroxylation is 2. The van der Waals surface area contributed by atoms with Crippen molar-refractivity contribution in [3.8, 4) is 5.75 Å². The maximum Gasteiger partial charge on any atom is 0.252 e. The number of carbonyl (C=O) groups excluding carboxylic acids is 5. The number of benzene rings is 3. The number of phenolic OH excluding ortho intramolecular Hbond substituents is 1. The molecule has 3 aromatic carbocycles. The normalized spacial score (nSPS) is 20.6. The van der Waals surface area contributed by atoms with Crippen molar-refractivity contribution in [1.29, 1.82) is 0 Å². The van der Waals surface area contributed by atoms with E-state index in [2.05, 4.69) is 22.9 Å². The number of unbranched alkanes of at least 4 members (excludes halogenated alkanes) is 14. The number of hydrogen-bond donors (Lipinski definition) is 9. The number of hydrogen-bond acceptors (Lipinski definition) is 12. The van der Waals surface area contributed by atoms with E-state index in [1.54, 1.807) is 36.4 Å². The van der Waals surface area contributed by atoms with Gasteiger partial charge in [0.25, 0.3) is 5.91 Å². The molecule has 1 saturated heterocycles. The van der Waals surface area contributed by atoms with Gasteiger partial charge in [-0.05, 0) is 91.5 Å². The van der Waals surface area contributed by atoms with E-state index in [9.17, 15) is 44.4 Å². The zero-order valence-electron chi connectivity index (χ0n) is 44.6. The predicted molar refractivity (Wildman–Crippen MR) is 287 cm³/mol. The van der Waals surface area contributed by atoms with E-state index >= 15 is 0 Å². The lowest BCUT2D eigenvalue weighted by Crippen LogP contribution is -2.62. The van der Waals surface area contributed by atoms with Crippen molar-refractivity contribution in [1.82, 2.24) is 20.9 Å². The molecule has 3 aromatic rings. The molecular weight excluding hydrogens is 957 g/mol. The Hall–Kier alpha value is -5.43. The lowest BCUT2D eigenvalue weighted by atomic mass is 9.91. The average Bonchev–Trinajstić information content (AvgIpc) is 3.39. The Morgan fingerprint density at radius 2 is 1.29 bits per heavy atom. The Labute approximate surface area is 443 Å². The van der Waals surface area contributed by atoms with Crippen LogP contribution in [0.1, 0.15) is 149 Å². The molecule has 11 N–H and O–H groups in total. The largest absolute Gasteiger partial charge is 0.508 e. The fourth-order valence-corrected chi connectivity index (χ4v) is 10.2. The van der Waals surface area contributed by atoms with Crippen LogP contribution in [0.4, 0.5) is 0 Å². The molecule has 414 valence electrons. The standard InChI is InChI=1S/C58H86N6O11/c1-4-5-6-7-8-9-10-11-12-13-14-15-16-24-31-74-58-51(68)49(66)50(67)52(75-58)56(72)61-30-23-22-29-46(53(60)69)62-54(70)47(34-40-25-18-17-19-26-40)63-55(71)48-35-41-27-20-21-28-42(41)37-64(48)57(73)45(59)36-44-38(2)32-43(65)33-39(44)3/h17-21,25-28,32-33,45-52,58,65-68H,4-16,22-24,29-31,34-37,59H2,1-3H3,(H2,60,69)(H,61,72)(H,62,70)(H,63,71)/t45-,46+,47-,48-,49-,50-,51+,52-,58+/m0/s1. The van der Waals surface area contributed by atoms with E-state index in [-0.39, 0.29) is 51.1 Å². The van der Waals surface area contributed by atoms with Crippen LogP contribution in [-0.2, 0) is 59.3 Å². The first-order chi connectivity index (χ1) is 36.1. The summed E-state index contributed by atoms with van der Waals surface area (Å²) in [4.78, 5) is 70.3. The van der Waals surface area contributed by atoms with E-state index in [0.29, 0.717) is 19.3 Å². The van der Waals surface area contributed by atoms with E-state index in [1.165, 1.54) is 69.1 Å². The summed E-state index contributed by atoms with van der Waals surface area (Å²) in [6.45, 7) is 6.35. The van der Waals surface area contributed by atoms with Crippen LogP contribution < -0.4 is 27.4 Å². The van der Waals surface area contributed by atoms with Crippen LogP contribution >= 0.6 is 0 Å². The van der Waals surface area contributed by atoms with Gasteiger partial charge in [-0.2, -0.15) is 0 Å². The topological polar surface area (TPSA) is 276 Å². The first-order valence-electron chi connectivity index (χ1n) is 27.5. The molecule has 0 aromatic heterocycles. The summed E-state index contributed by atoms with van der Waals surface area (Å²) in [6, 6.07) is 15.4. The minimum atomic E-state index is -1.71. The van der Waals surface area contributed by atoms with Gasteiger partial charge in [0.15, 0.2) is 12.4 Å². The molecule has 0 bridgehead atoms. The highest BCUT2D eigenvalue weighted by molar-refractivity contribution is 5.95. The molecule has 5 amide bonds. The summed E-state index contributed by atoms with van der Waals surface area (Å²) >= 11 is 0. The van der Waals surface area contributed by atoms with Crippen molar-refractivity contribution >= 4 is 29.5 Å². The number of aliphatic hydroxyl groups is 3. The van der Waals surface area contributed by atoms with Gasteiger partial charge in [-0.1, -0.05) is 145 Å². The number of primary amides is 1. The van der Waals surface area contributed by atoms with Gasteiger partial charge < -0.3 is 62.2 Å². The number of fused-ring (bicyclic) bond motifs is 1. The second-order valence-corrected chi connectivity index (χ2v) is 20.7. The third-order valence-electron chi connectivity index (χ3n) is 14.7. The summed E-state index contributed by atoms with van der Waals surface area (Å²) in [6.07, 6.45) is 10.2. The fraction of sp³-hybridized carbons (Fsp3) is 0.603. The third-order valence-corrected chi connectivity index (χ3v) is 14.7. The molecule has 5 rings (SSSR count). The second kappa shape index (κ2) is 31.6. The van der Waals surface area contributed by atoms with Gasteiger partial charge >= 0.3 is 0 Å². The molecule has 2 aliphatic heterocycles. The van der Waals surface area contributed by atoms with Gasteiger partial charge in [-0.15, -0.1) is 0 Å². The number of nitrogens with zero attached hydrogens (tertiary/aromatic N) is 1. The van der Waals surface area contributed by atoms with E-state index < -0.39 is 84.4 Å². The maximum atomic E-state index is 14.5. The Morgan fingerprint density at radius 3 is 1.91 bits per heavy atom. The highest BCUT2D eigenvalue weighted by Crippen LogP contribution is 2.28. The van der Waals surface area contributed by atoms with Gasteiger partial charge in [0.1, 0.15) is 42.2 Å². The SMILES string of the molecule is CCCCCCCCCCCCCCCCO[C@@H]1O[C@H](C(=O)NCCCC[C@@H](NC(=O)[C@H](Cc2ccccc2)NC(=O)[C@@H]2Cc3ccccc3CN2C(=O)[C@@H](N)Cc2c(C)cc(O)cc2C)C(N)=O)[C@@H](O)[C@H](O)[C@H]1O. The summed E-state index contributed by atoms with van der Waals surface area (Å²) in [5.41, 5.74) is 17.2. The van der Waals surface area contributed by atoms with Gasteiger partial charge in [0.05, 0.1) is 6.04 Å². The molecule has 0 unspecified atom stereocenters. The lowest BCUT2D eigenvalue weighted by molar-refractivity contribution is -0.290. The summed E-state index contributed by atoms with van der Waals surface area (Å²) in [5.74, 6) is -3.12. The first kappa shape index (κ1) is 60.4. The van der Waals surface area contributed by atoms with E-state index in [4.69, 9.17) is 20.9 Å². The zero-order chi connectivity index (χ0) is 54.3. The highest BCUT2D eigenvalue weighted by atomic mass is 16.7. The number of nitrogens with two attached hydrogens (primary N) is 2. The summed E-state index contributed by atoms with van der Waals surface area (Å²) < 4.78 is 11.4. The predicted octanol–water partition coefficient (Wildman–Crippen LogP) is 5.12. The van der Waals surface area contributed by atoms with Crippen LogP contribution in [0.5, 0.6) is 5.75 Å². The van der Waals surface area contributed by atoms with Crippen LogP contribution in [-0.4, -0.2) is 123 Å². The lowest BCUT2D eigenvalue weighted by Gasteiger charge is -2.39. The summed E-state index contributed by atoms with van der Waals surface area (Å²) in [5, 5.41) is 50.2. The van der Waals surface area contributed by atoms with Gasteiger partial charge in [-0.25, -0.2) is 0 Å². The maximum absolute atomic E-state index is 14.5. The smallest absolute Gasteiger partial charge is 0.252 e. The van der Waals surface area contributed by atoms with Gasteiger partial charge in [0.2, 0.25) is 23.6 Å². The monoisotopic (exact) mass is 1040 g/mol. The highest BCUT2D eigenvalue weighted by Gasteiger charge is 2.47. The minimum Gasteiger partial charge on any atom is -0.508 e. The van der Waals surface area contributed by atoms with Crippen molar-refractivity contribution < 1.29 is 53.9 Å². The van der Waals surface area contributed by atoms with E-state index in [1.807, 2.05) is 44.2 Å². The van der Waals surface area contributed by atoms with Crippen LogP contribution in [0.15, 0.2) is 66.7 Å². The first-order valence-corrected chi connectivity index (χ1v) is 27.5.